The quantitative estimate of drug-likeness (QED) is 0.742. The van der Waals surface area contributed by atoms with E-state index < -0.39 is 26.8 Å². The highest BCUT2D eigenvalue weighted by molar-refractivity contribution is 7.92. The van der Waals surface area contributed by atoms with Gasteiger partial charge in [0.05, 0.1) is 12.9 Å². The van der Waals surface area contributed by atoms with Crippen molar-refractivity contribution in [2.24, 2.45) is 0 Å². The lowest BCUT2D eigenvalue weighted by atomic mass is 10.2. The number of hydrogen-bond acceptors (Lipinski definition) is 4. The summed E-state index contributed by atoms with van der Waals surface area (Å²) in [7, 11) is -0.698. The second-order valence-electron chi connectivity index (χ2n) is 6.13. The lowest BCUT2D eigenvalue weighted by Crippen LogP contribution is -2.39. The van der Waals surface area contributed by atoms with Gasteiger partial charge in [-0.1, -0.05) is 24.3 Å². The number of ether oxygens (including phenoxy) is 1. The number of methoxy groups -OCH3 is 1. The second-order valence-corrected chi connectivity index (χ2v) is 8.45. The molecule has 1 atom stereocenters. The molecule has 2 aromatic rings. The maximum absolute atomic E-state index is 13.3. The Labute approximate surface area is 153 Å². The first-order valence-electron chi connectivity index (χ1n) is 8.07. The Morgan fingerprint density at radius 3 is 2.46 bits per heavy atom. The van der Waals surface area contributed by atoms with E-state index in [2.05, 4.69) is 0 Å². The summed E-state index contributed by atoms with van der Waals surface area (Å²) < 4.78 is 43.6. The molecule has 0 aliphatic carbocycles. The van der Waals surface area contributed by atoms with Crippen LogP contribution in [0.1, 0.15) is 18.1 Å². The molecule has 0 aromatic heterocycles. The maximum atomic E-state index is 13.3. The van der Waals surface area contributed by atoms with Crippen molar-refractivity contribution in [2.75, 3.05) is 14.2 Å². The first-order valence-corrected chi connectivity index (χ1v) is 9.78. The molecular formula is C19H22FNO4S. The third-order valence-electron chi connectivity index (χ3n) is 4.07. The molecule has 1 unspecified atom stereocenters. The summed E-state index contributed by atoms with van der Waals surface area (Å²) in [6, 6.07) is 12.6. The number of benzene rings is 2. The van der Waals surface area contributed by atoms with E-state index in [4.69, 9.17) is 4.74 Å². The normalized spacial score (nSPS) is 12.5. The third-order valence-corrected chi connectivity index (χ3v) is 6.09. The number of rotatable bonds is 7. The van der Waals surface area contributed by atoms with Crippen LogP contribution in [0.5, 0.6) is 5.75 Å². The summed E-state index contributed by atoms with van der Waals surface area (Å²) >= 11 is 0. The summed E-state index contributed by atoms with van der Waals surface area (Å²) in [4.78, 5) is 13.8. The number of halogens is 1. The van der Waals surface area contributed by atoms with E-state index in [0.29, 0.717) is 16.9 Å². The van der Waals surface area contributed by atoms with Gasteiger partial charge in [0, 0.05) is 13.6 Å². The van der Waals surface area contributed by atoms with Gasteiger partial charge in [-0.3, -0.25) is 4.79 Å². The summed E-state index contributed by atoms with van der Waals surface area (Å²) in [5.41, 5.74) is 1.15. The standard InChI is InChI=1S/C19H22FNO4S/c1-14(19(22)21(2)12-15-6-4-8-17(20)10-15)26(23,24)13-16-7-5-9-18(11-16)25-3/h4-11,14H,12-13H2,1-3H3. The van der Waals surface area contributed by atoms with Gasteiger partial charge in [-0.15, -0.1) is 0 Å². The number of nitrogens with zero attached hydrogens (tertiary/aromatic N) is 1. The van der Waals surface area contributed by atoms with Gasteiger partial charge >= 0.3 is 0 Å². The van der Waals surface area contributed by atoms with Crippen LogP contribution < -0.4 is 4.74 Å². The van der Waals surface area contributed by atoms with Gasteiger partial charge in [-0.2, -0.15) is 0 Å². The molecule has 0 N–H and O–H groups in total. The van der Waals surface area contributed by atoms with Crippen molar-refractivity contribution < 1.29 is 22.3 Å². The van der Waals surface area contributed by atoms with Crippen molar-refractivity contribution in [3.8, 4) is 5.75 Å². The van der Waals surface area contributed by atoms with E-state index >= 15 is 0 Å². The van der Waals surface area contributed by atoms with E-state index in [0.717, 1.165) is 0 Å². The fourth-order valence-electron chi connectivity index (χ4n) is 2.57. The highest BCUT2D eigenvalue weighted by Crippen LogP contribution is 2.18. The van der Waals surface area contributed by atoms with Gasteiger partial charge < -0.3 is 9.64 Å². The molecule has 2 rings (SSSR count). The van der Waals surface area contributed by atoms with Crippen LogP contribution in [0, 0.1) is 5.82 Å². The maximum Gasteiger partial charge on any atom is 0.240 e. The Balaban J connectivity index is 2.09. The summed E-state index contributed by atoms with van der Waals surface area (Å²) in [5.74, 6) is -0.635. The lowest BCUT2D eigenvalue weighted by molar-refractivity contribution is -0.129. The van der Waals surface area contributed by atoms with Crippen molar-refractivity contribution in [1.29, 1.82) is 0 Å². The van der Waals surface area contributed by atoms with Crippen LogP contribution >= 0.6 is 0 Å². The number of sulfone groups is 1. The zero-order chi connectivity index (χ0) is 19.3. The highest BCUT2D eigenvalue weighted by Gasteiger charge is 2.30. The Morgan fingerprint density at radius 2 is 1.81 bits per heavy atom. The molecule has 0 saturated carbocycles. The van der Waals surface area contributed by atoms with Crippen LogP contribution in [-0.2, 0) is 26.9 Å². The van der Waals surface area contributed by atoms with Gasteiger partial charge in [0.1, 0.15) is 16.8 Å². The number of hydrogen-bond donors (Lipinski definition) is 0. The van der Waals surface area contributed by atoms with Crippen LogP contribution in [-0.4, -0.2) is 38.6 Å². The van der Waals surface area contributed by atoms with Crippen molar-refractivity contribution in [3.05, 3.63) is 65.5 Å². The first kappa shape index (κ1) is 19.9. The zero-order valence-electron chi connectivity index (χ0n) is 15.0. The van der Waals surface area contributed by atoms with Gasteiger partial charge in [0.2, 0.25) is 5.91 Å². The van der Waals surface area contributed by atoms with E-state index in [1.54, 1.807) is 36.4 Å². The Morgan fingerprint density at radius 1 is 1.15 bits per heavy atom. The summed E-state index contributed by atoms with van der Waals surface area (Å²) in [6.07, 6.45) is 0. The van der Waals surface area contributed by atoms with Gasteiger partial charge in [0.25, 0.3) is 0 Å². The molecule has 7 heteroatoms. The van der Waals surface area contributed by atoms with Crippen LogP contribution in [0.3, 0.4) is 0 Å². The van der Waals surface area contributed by atoms with Crippen molar-refractivity contribution in [2.45, 2.75) is 24.5 Å². The molecule has 0 fully saturated rings. The van der Waals surface area contributed by atoms with Crippen molar-refractivity contribution in [1.82, 2.24) is 4.90 Å². The lowest BCUT2D eigenvalue weighted by Gasteiger charge is -2.22. The predicted molar refractivity (Wildman–Crippen MR) is 98.0 cm³/mol. The molecule has 26 heavy (non-hydrogen) atoms. The Bertz CT molecular complexity index is 883. The summed E-state index contributed by atoms with van der Waals surface area (Å²) in [6.45, 7) is 1.51. The SMILES string of the molecule is COc1cccc(CS(=O)(=O)C(C)C(=O)N(C)Cc2cccc(F)c2)c1. The number of amides is 1. The minimum Gasteiger partial charge on any atom is -0.497 e. The highest BCUT2D eigenvalue weighted by atomic mass is 32.2. The Hall–Kier alpha value is -2.41. The minimum atomic E-state index is -3.70. The van der Waals surface area contributed by atoms with Crippen LogP contribution in [0.4, 0.5) is 4.39 Å². The van der Waals surface area contributed by atoms with Crippen LogP contribution in [0.25, 0.3) is 0 Å². The molecule has 2 aromatic carbocycles. The van der Waals surface area contributed by atoms with Crippen LogP contribution in [0.2, 0.25) is 0 Å². The predicted octanol–water partition coefficient (Wildman–Crippen LogP) is 2.80. The molecule has 0 aliphatic heterocycles. The smallest absolute Gasteiger partial charge is 0.240 e. The molecule has 0 aliphatic rings. The van der Waals surface area contributed by atoms with Gasteiger partial charge in [-0.25, -0.2) is 12.8 Å². The molecule has 1 amide bonds. The average molecular weight is 379 g/mol. The van der Waals surface area contributed by atoms with E-state index in [1.807, 2.05) is 0 Å². The minimum absolute atomic E-state index is 0.135. The van der Waals surface area contributed by atoms with Gasteiger partial charge in [0.15, 0.2) is 9.84 Å². The molecule has 0 saturated heterocycles. The topological polar surface area (TPSA) is 63.7 Å². The number of carbonyl (C=O) groups is 1. The molecular weight excluding hydrogens is 357 g/mol. The van der Waals surface area contributed by atoms with Crippen molar-refractivity contribution in [3.63, 3.8) is 0 Å². The van der Waals surface area contributed by atoms with E-state index in [9.17, 15) is 17.6 Å². The monoisotopic (exact) mass is 379 g/mol. The first-order chi connectivity index (χ1) is 12.2. The third kappa shape index (κ3) is 5.05. The fraction of sp³-hybridized carbons (Fsp3) is 0.316. The molecule has 5 nitrogen and oxygen atoms in total. The molecule has 0 heterocycles. The molecule has 0 radical (unpaired) electrons. The second kappa shape index (κ2) is 8.31. The average Bonchev–Trinajstić information content (AvgIpc) is 2.60. The Kier molecular flexibility index (Phi) is 6.37. The summed E-state index contributed by atoms with van der Waals surface area (Å²) in [5, 5.41) is -1.20. The van der Waals surface area contributed by atoms with Gasteiger partial charge in [-0.05, 0) is 42.3 Å². The van der Waals surface area contributed by atoms with Crippen molar-refractivity contribution >= 4 is 15.7 Å². The largest absolute Gasteiger partial charge is 0.497 e. The van der Waals surface area contributed by atoms with E-state index in [1.165, 1.54) is 38.1 Å². The fourth-order valence-corrected chi connectivity index (χ4v) is 3.95. The molecule has 140 valence electrons. The van der Waals surface area contributed by atoms with E-state index in [-0.39, 0.29) is 12.3 Å². The zero-order valence-corrected chi connectivity index (χ0v) is 15.8. The number of carbonyl (C=O) groups excluding carboxylic acids is 1. The molecule has 0 bridgehead atoms. The van der Waals surface area contributed by atoms with Crippen LogP contribution in [0.15, 0.2) is 48.5 Å². The molecule has 0 spiro atoms.